The van der Waals surface area contributed by atoms with Gasteiger partial charge in [0.05, 0.1) is 25.7 Å². The van der Waals surface area contributed by atoms with Crippen LogP contribution in [0.25, 0.3) is 0 Å². The number of hydrogen-bond donors (Lipinski definition) is 1. The van der Waals surface area contributed by atoms with E-state index in [0.717, 1.165) is 21.3 Å². The van der Waals surface area contributed by atoms with Crippen LogP contribution in [0.3, 0.4) is 0 Å². The second kappa shape index (κ2) is 14.9. The van der Waals surface area contributed by atoms with Gasteiger partial charge in [0.15, 0.2) is 10.9 Å². The van der Waals surface area contributed by atoms with Crippen LogP contribution in [0.4, 0.5) is 10.8 Å². The van der Waals surface area contributed by atoms with E-state index < -0.39 is 22.0 Å². The SMILES string of the molecule is COC(=O)[C@H](Cc1ccc(OCCc2nc(N3CCN(S(C)(=O)=O)CC3)sc2C)cc1)Nc1ccccc1C(=O)c1ccccc1. The Morgan fingerprint density at radius 2 is 1.63 bits per heavy atom. The van der Waals surface area contributed by atoms with Gasteiger partial charge in [-0.25, -0.2) is 18.2 Å². The Morgan fingerprint density at radius 1 is 0.957 bits per heavy atom. The molecule has 0 bridgehead atoms. The molecule has 1 saturated heterocycles. The Hall–Kier alpha value is -4.26. The molecule has 12 heteroatoms. The molecule has 46 heavy (non-hydrogen) atoms. The van der Waals surface area contributed by atoms with E-state index in [9.17, 15) is 18.0 Å². The Morgan fingerprint density at radius 3 is 2.30 bits per heavy atom. The molecule has 1 aromatic heterocycles. The second-order valence-corrected chi connectivity index (χ2v) is 14.2. The van der Waals surface area contributed by atoms with Crippen LogP contribution in [0, 0.1) is 6.92 Å². The van der Waals surface area contributed by atoms with Crippen LogP contribution in [-0.2, 0) is 32.4 Å². The first kappa shape index (κ1) is 33.1. The summed E-state index contributed by atoms with van der Waals surface area (Å²) < 4.78 is 36.2. The fraction of sp³-hybridized carbons (Fsp3) is 0.324. The number of carbonyl (C=O) groups excluding carboxylic acids is 2. The Bertz CT molecular complexity index is 1750. The first-order valence-corrected chi connectivity index (χ1v) is 17.7. The molecule has 3 aromatic carbocycles. The lowest BCUT2D eigenvalue weighted by Crippen LogP contribution is -2.48. The van der Waals surface area contributed by atoms with Crippen molar-refractivity contribution in [2.24, 2.45) is 0 Å². The number of nitrogens with one attached hydrogen (secondary N) is 1. The Kier molecular flexibility index (Phi) is 10.7. The van der Waals surface area contributed by atoms with Crippen molar-refractivity contribution in [2.75, 3.05) is 56.4 Å². The molecule has 10 nitrogen and oxygen atoms in total. The van der Waals surface area contributed by atoms with E-state index in [2.05, 4.69) is 10.2 Å². The predicted molar refractivity (Wildman–Crippen MR) is 181 cm³/mol. The lowest BCUT2D eigenvalue weighted by Gasteiger charge is -2.32. The highest BCUT2D eigenvalue weighted by molar-refractivity contribution is 7.88. The second-order valence-electron chi connectivity index (χ2n) is 11.1. The van der Waals surface area contributed by atoms with E-state index in [1.807, 2.05) is 55.5 Å². The van der Waals surface area contributed by atoms with Gasteiger partial charge < -0.3 is 19.7 Å². The van der Waals surface area contributed by atoms with Crippen molar-refractivity contribution >= 4 is 43.9 Å². The lowest BCUT2D eigenvalue weighted by atomic mass is 10.00. The smallest absolute Gasteiger partial charge is 0.328 e. The predicted octanol–water partition coefficient (Wildman–Crippen LogP) is 4.58. The maximum Gasteiger partial charge on any atom is 0.328 e. The van der Waals surface area contributed by atoms with Crippen LogP contribution in [-0.4, -0.2) is 81.7 Å². The van der Waals surface area contributed by atoms with Gasteiger partial charge in [0, 0.05) is 60.7 Å². The summed E-state index contributed by atoms with van der Waals surface area (Å²) in [5.74, 6) is 0.137. The van der Waals surface area contributed by atoms with Gasteiger partial charge in [-0.3, -0.25) is 4.79 Å². The van der Waals surface area contributed by atoms with Crippen molar-refractivity contribution < 1.29 is 27.5 Å². The van der Waals surface area contributed by atoms with Gasteiger partial charge in [0.25, 0.3) is 0 Å². The van der Waals surface area contributed by atoms with E-state index >= 15 is 0 Å². The van der Waals surface area contributed by atoms with Crippen molar-refractivity contribution in [2.45, 2.75) is 25.8 Å². The van der Waals surface area contributed by atoms with E-state index in [1.165, 1.54) is 17.7 Å². The fourth-order valence-corrected chi connectivity index (χ4v) is 7.12. The summed E-state index contributed by atoms with van der Waals surface area (Å²) in [4.78, 5) is 34.0. The molecule has 2 heterocycles. The normalized spacial score (nSPS) is 14.5. The van der Waals surface area contributed by atoms with Crippen LogP contribution in [0.2, 0.25) is 0 Å². The van der Waals surface area contributed by atoms with Crippen LogP contribution < -0.4 is 15.0 Å². The maximum absolute atomic E-state index is 13.2. The minimum Gasteiger partial charge on any atom is -0.493 e. The van der Waals surface area contributed by atoms with E-state index in [-0.39, 0.29) is 5.78 Å². The number of ether oxygens (including phenoxy) is 2. The third kappa shape index (κ3) is 8.31. The van der Waals surface area contributed by atoms with Crippen LogP contribution in [0.15, 0.2) is 78.9 Å². The highest BCUT2D eigenvalue weighted by atomic mass is 32.2. The number of carbonyl (C=O) groups is 2. The van der Waals surface area contributed by atoms with Gasteiger partial charge in [-0.2, -0.15) is 4.31 Å². The van der Waals surface area contributed by atoms with Gasteiger partial charge in [0.1, 0.15) is 11.8 Å². The average molecular weight is 663 g/mol. The number of thiazole rings is 1. The number of aromatic nitrogens is 1. The monoisotopic (exact) mass is 662 g/mol. The highest BCUT2D eigenvalue weighted by Crippen LogP contribution is 2.28. The van der Waals surface area contributed by atoms with Crippen molar-refractivity contribution in [1.29, 1.82) is 0 Å². The molecule has 0 aliphatic carbocycles. The molecule has 0 amide bonds. The first-order chi connectivity index (χ1) is 22.1. The molecule has 1 N–H and O–H groups in total. The Labute approximate surface area is 274 Å². The zero-order valence-electron chi connectivity index (χ0n) is 26.1. The minimum atomic E-state index is -3.18. The molecule has 1 atom stereocenters. The van der Waals surface area contributed by atoms with Crippen LogP contribution in [0.5, 0.6) is 5.75 Å². The molecule has 242 valence electrons. The van der Waals surface area contributed by atoms with Crippen molar-refractivity contribution in [3.8, 4) is 5.75 Å². The number of esters is 1. The number of methoxy groups -OCH3 is 1. The van der Waals surface area contributed by atoms with E-state index in [0.29, 0.717) is 68.2 Å². The summed E-state index contributed by atoms with van der Waals surface area (Å²) in [7, 11) is -1.83. The number of hydrogen-bond acceptors (Lipinski definition) is 10. The van der Waals surface area contributed by atoms with E-state index in [1.54, 1.807) is 41.7 Å². The number of para-hydroxylation sites is 1. The van der Waals surface area contributed by atoms with Gasteiger partial charge in [0.2, 0.25) is 10.0 Å². The summed E-state index contributed by atoms with van der Waals surface area (Å²) in [6.45, 7) is 4.65. The molecule has 1 aliphatic heterocycles. The van der Waals surface area contributed by atoms with Gasteiger partial charge in [-0.15, -0.1) is 11.3 Å². The molecular weight excluding hydrogens is 625 g/mol. The number of piperazine rings is 1. The number of ketones is 1. The number of benzene rings is 3. The summed E-state index contributed by atoms with van der Waals surface area (Å²) >= 11 is 1.62. The fourth-order valence-electron chi connectivity index (χ4n) is 5.29. The van der Waals surface area contributed by atoms with Crippen molar-refractivity contribution in [1.82, 2.24) is 9.29 Å². The number of rotatable bonds is 13. The molecule has 0 saturated carbocycles. The van der Waals surface area contributed by atoms with Crippen LogP contribution in [0.1, 0.15) is 32.1 Å². The standard InChI is InChI=1S/C34H38N4O6S2/c1-24-29(36-34(45-24)37-18-20-38(21-19-37)46(3,41)42)17-22-44-27-15-13-25(14-16-27)23-31(33(40)43-2)35-30-12-8-7-11-28(30)32(39)26-9-5-4-6-10-26/h4-16,31,35H,17-23H2,1-3H3/t31-/m0/s1. The third-order valence-corrected chi connectivity index (χ3v) is 10.2. The molecule has 4 aromatic rings. The topological polar surface area (TPSA) is 118 Å². The zero-order valence-corrected chi connectivity index (χ0v) is 27.8. The van der Waals surface area contributed by atoms with Crippen LogP contribution >= 0.6 is 11.3 Å². The molecule has 1 aliphatic rings. The van der Waals surface area contributed by atoms with Gasteiger partial charge in [-0.05, 0) is 36.8 Å². The zero-order chi connectivity index (χ0) is 32.7. The van der Waals surface area contributed by atoms with Gasteiger partial charge >= 0.3 is 5.97 Å². The molecule has 0 unspecified atom stereocenters. The minimum absolute atomic E-state index is 0.134. The largest absolute Gasteiger partial charge is 0.493 e. The first-order valence-electron chi connectivity index (χ1n) is 15.0. The quantitative estimate of drug-likeness (QED) is 0.162. The molecule has 1 fully saturated rings. The average Bonchev–Trinajstić information content (AvgIpc) is 3.44. The Balaban J connectivity index is 1.17. The number of sulfonamides is 1. The van der Waals surface area contributed by atoms with Crippen molar-refractivity contribution in [3.05, 3.63) is 106 Å². The van der Waals surface area contributed by atoms with Crippen molar-refractivity contribution in [3.63, 3.8) is 0 Å². The molecule has 0 radical (unpaired) electrons. The summed E-state index contributed by atoms with van der Waals surface area (Å²) in [5, 5.41) is 4.15. The summed E-state index contributed by atoms with van der Waals surface area (Å²) in [6.07, 6.45) is 2.24. The molecule has 5 rings (SSSR count). The number of anilines is 2. The van der Waals surface area contributed by atoms with Gasteiger partial charge in [-0.1, -0.05) is 54.6 Å². The number of aryl methyl sites for hydroxylation is 1. The van der Waals surface area contributed by atoms with E-state index in [4.69, 9.17) is 14.5 Å². The third-order valence-electron chi connectivity index (χ3n) is 7.85. The molecular formula is C34H38N4O6S2. The maximum atomic E-state index is 13.2. The highest BCUT2D eigenvalue weighted by Gasteiger charge is 2.26. The molecule has 0 spiro atoms. The summed E-state index contributed by atoms with van der Waals surface area (Å²) in [5.41, 5.74) is 3.47. The number of nitrogens with zero attached hydrogens (tertiary/aromatic N) is 3. The lowest BCUT2D eigenvalue weighted by molar-refractivity contribution is -0.141. The summed E-state index contributed by atoms with van der Waals surface area (Å²) in [6, 6.07) is 23.0.